The second kappa shape index (κ2) is 12.2. The summed E-state index contributed by atoms with van der Waals surface area (Å²) >= 11 is 7.69. The molecule has 240 valence electrons. The van der Waals surface area contributed by atoms with Gasteiger partial charge in [-0.15, -0.1) is 11.3 Å². The largest absolute Gasteiger partial charge is 0.462 e. The summed E-state index contributed by atoms with van der Waals surface area (Å²) in [4.78, 5) is 27.0. The quantitative estimate of drug-likeness (QED) is 0.241. The van der Waals surface area contributed by atoms with E-state index in [1.807, 2.05) is 22.8 Å². The average Bonchev–Trinajstić information content (AvgIpc) is 3.69. The number of nitrogens with zero attached hydrogens (tertiary/aromatic N) is 6. The van der Waals surface area contributed by atoms with Crippen LogP contribution in [0, 0.1) is 23.0 Å². The molecule has 4 atom stereocenters. The molecule has 4 heterocycles. The molecule has 6 rings (SSSR count). The Kier molecular flexibility index (Phi) is 8.47. The van der Waals surface area contributed by atoms with Crippen molar-refractivity contribution in [2.75, 3.05) is 44.4 Å². The van der Waals surface area contributed by atoms with Gasteiger partial charge in [-0.05, 0) is 50.6 Å². The molecule has 2 N–H and O–H groups in total. The molecule has 0 unspecified atom stereocenters. The highest BCUT2D eigenvalue weighted by molar-refractivity contribution is 7.23. The van der Waals surface area contributed by atoms with Gasteiger partial charge in [-0.2, -0.15) is 15.2 Å². The number of nitriles is 1. The van der Waals surface area contributed by atoms with E-state index in [0.29, 0.717) is 18.8 Å². The number of aromatic nitrogens is 2. The molecule has 14 heteroatoms. The van der Waals surface area contributed by atoms with Crippen molar-refractivity contribution in [2.24, 2.45) is 0 Å². The van der Waals surface area contributed by atoms with Gasteiger partial charge in [0.15, 0.2) is 5.82 Å². The minimum Gasteiger partial charge on any atom is -0.462 e. The summed E-state index contributed by atoms with van der Waals surface area (Å²) in [5.74, 6) is -1.29. The summed E-state index contributed by atoms with van der Waals surface area (Å²) in [6, 6.07) is 5.30. The highest BCUT2D eigenvalue weighted by Gasteiger charge is 2.37. The van der Waals surface area contributed by atoms with Gasteiger partial charge in [0.2, 0.25) is 5.91 Å². The van der Waals surface area contributed by atoms with E-state index in [4.69, 9.17) is 22.1 Å². The van der Waals surface area contributed by atoms with Crippen molar-refractivity contribution in [1.82, 2.24) is 19.8 Å². The fourth-order valence-corrected chi connectivity index (χ4v) is 7.90. The SMILES string of the molecule is C=CC(=O)N1CC[C@@H](N(C)c2nc(OC[C@@H]3C[C@@H](F)CN3C)nc3c(F)c(-c4ccc(F)c5sc(N)c(C#N)c45)c(Cl)cc23)[C@@H]1C. The molecule has 0 aliphatic carbocycles. The Hall–Kier alpha value is -4.12. The lowest BCUT2D eigenvalue weighted by Crippen LogP contribution is -2.43. The van der Waals surface area contributed by atoms with E-state index in [2.05, 4.69) is 16.5 Å². The predicted octanol–water partition coefficient (Wildman–Crippen LogP) is 5.93. The summed E-state index contributed by atoms with van der Waals surface area (Å²) in [7, 11) is 3.60. The van der Waals surface area contributed by atoms with Gasteiger partial charge < -0.3 is 20.3 Å². The molecule has 2 aromatic carbocycles. The summed E-state index contributed by atoms with van der Waals surface area (Å²) < 4.78 is 51.8. The summed E-state index contributed by atoms with van der Waals surface area (Å²) in [5, 5.41) is 10.4. The maximum Gasteiger partial charge on any atom is 0.319 e. The number of likely N-dealkylation sites (tertiary alicyclic amines) is 2. The van der Waals surface area contributed by atoms with Gasteiger partial charge in [-0.25, -0.2) is 13.2 Å². The number of fused-ring (bicyclic) bond motifs is 2. The van der Waals surface area contributed by atoms with Crippen LogP contribution in [0.5, 0.6) is 6.01 Å². The molecule has 0 radical (unpaired) electrons. The minimum atomic E-state index is -0.984. The Morgan fingerprint density at radius 3 is 2.80 bits per heavy atom. The van der Waals surface area contributed by atoms with Crippen molar-refractivity contribution in [3.05, 3.63) is 53.1 Å². The molecule has 46 heavy (non-hydrogen) atoms. The van der Waals surface area contributed by atoms with Crippen molar-refractivity contribution < 1.29 is 22.7 Å². The monoisotopic (exact) mass is 669 g/mol. The van der Waals surface area contributed by atoms with Crippen LogP contribution in [0.15, 0.2) is 30.9 Å². The lowest BCUT2D eigenvalue weighted by atomic mass is 9.97. The summed E-state index contributed by atoms with van der Waals surface area (Å²) in [5.41, 5.74) is 6.05. The standard InChI is InChI=1S/C32H31ClF3N7O2S/c1-5-24(44)43-9-8-23(15(43)2)42(4)31-19-11-21(33)26(18-6-7-22(35)29-25(18)20(12-37)30(38)46-29)27(36)28(19)39-32(40-31)45-14-17-10-16(34)13-41(17)3/h5-7,11,15-17,23H,1,8-10,13-14,38H2,2-4H3/t15-,16+,17-,23+/m0/s1. The Balaban J connectivity index is 1.52. The number of amides is 1. The van der Waals surface area contributed by atoms with Gasteiger partial charge >= 0.3 is 6.01 Å². The molecule has 2 saturated heterocycles. The predicted molar refractivity (Wildman–Crippen MR) is 174 cm³/mol. The van der Waals surface area contributed by atoms with Gasteiger partial charge in [-0.1, -0.05) is 24.2 Å². The van der Waals surface area contributed by atoms with E-state index in [1.54, 1.807) is 19.0 Å². The van der Waals surface area contributed by atoms with E-state index in [-0.39, 0.29) is 97.3 Å². The Labute approximate surface area is 272 Å². The number of nitrogen functional groups attached to an aromatic ring is 1. The number of anilines is 2. The number of nitrogens with two attached hydrogens (primary N) is 1. The lowest BCUT2D eigenvalue weighted by molar-refractivity contribution is -0.126. The molecule has 0 spiro atoms. The Morgan fingerprint density at radius 2 is 2.13 bits per heavy atom. The van der Waals surface area contributed by atoms with Crippen LogP contribution < -0.4 is 15.4 Å². The number of likely N-dealkylation sites (N-methyl/N-ethyl adjacent to an activating group) is 2. The summed E-state index contributed by atoms with van der Waals surface area (Å²) in [6.45, 7) is 6.37. The Morgan fingerprint density at radius 1 is 1.37 bits per heavy atom. The first-order chi connectivity index (χ1) is 21.9. The smallest absolute Gasteiger partial charge is 0.319 e. The second-order valence-corrected chi connectivity index (χ2v) is 13.2. The van der Waals surface area contributed by atoms with Gasteiger partial charge in [0, 0.05) is 48.6 Å². The van der Waals surface area contributed by atoms with Crippen LogP contribution in [0.25, 0.3) is 32.1 Å². The molecule has 2 aliphatic rings. The average molecular weight is 670 g/mol. The first-order valence-corrected chi connectivity index (χ1v) is 15.9. The van der Waals surface area contributed by atoms with Crippen molar-refractivity contribution >= 4 is 60.7 Å². The summed E-state index contributed by atoms with van der Waals surface area (Å²) in [6.07, 6.45) is 1.18. The first-order valence-electron chi connectivity index (χ1n) is 14.7. The molecular formula is C32H31ClF3N7O2S. The molecule has 9 nitrogen and oxygen atoms in total. The van der Waals surface area contributed by atoms with Crippen molar-refractivity contribution in [2.45, 2.75) is 44.1 Å². The molecule has 4 aromatic rings. The maximum absolute atomic E-state index is 16.9. The number of hydrogen-bond acceptors (Lipinski definition) is 9. The van der Waals surface area contributed by atoms with Crippen LogP contribution in [0.2, 0.25) is 5.02 Å². The van der Waals surface area contributed by atoms with Gasteiger partial charge in [-0.3, -0.25) is 9.69 Å². The number of halogens is 4. The third kappa shape index (κ3) is 5.28. The van der Waals surface area contributed by atoms with Crippen molar-refractivity contribution in [3.63, 3.8) is 0 Å². The highest BCUT2D eigenvalue weighted by Crippen LogP contribution is 2.46. The third-order valence-corrected chi connectivity index (χ3v) is 10.4. The Bertz CT molecular complexity index is 1930. The van der Waals surface area contributed by atoms with E-state index in [0.717, 1.165) is 11.3 Å². The normalized spacial score (nSPS) is 21.7. The zero-order valence-electron chi connectivity index (χ0n) is 25.4. The van der Waals surface area contributed by atoms with Crippen LogP contribution in [-0.4, -0.2) is 83.8 Å². The first kappa shape index (κ1) is 31.8. The van der Waals surface area contributed by atoms with Crippen LogP contribution in [-0.2, 0) is 4.79 Å². The number of benzene rings is 2. The van der Waals surface area contributed by atoms with Crippen LogP contribution in [0.4, 0.5) is 24.0 Å². The second-order valence-electron chi connectivity index (χ2n) is 11.7. The van der Waals surface area contributed by atoms with Crippen LogP contribution >= 0.6 is 22.9 Å². The number of hydrogen-bond donors (Lipinski definition) is 1. The zero-order chi connectivity index (χ0) is 33.0. The van der Waals surface area contributed by atoms with Gasteiger partial charge in [0.05, 0.1) is 21.3 Å². The molecule has 1 amide bonds. The zero-order valence-corrected chi connectivity index (χ0v) is 26.9. The molecule has 0 saturated carbocycles. The van der Waals surface area contributed by atoms with Gasteiger partial charge in [0.25, 0.3) is 0 Å². The van der Waals surface area contributed by atoms with Crippen LogP contribution in [0.3, 0.4) is 0 Å². The van der Waals surface area contributed by atoms with Crippen LogP contribution in [0.1, 0.15) is 25.3 Å². The van der Waals surface area contributed by atoms with Gasteiger partial charge in [0.1, 0.15) is 41.0 Å². The van der Waals surface area contributed by atoms with E-state index in [9.17, 15) is 18.8 Å². The van der Waals surface area contributed by atoms with E-state index >= 15 is 4.39 Å². The topological polar surface area (TPSA) is 112 Å². The maximum atomic E-state index is 16.9. The van der Waals surface area contributed by atoms with Crippen molar-refractivity contribution in [3.8, 4) is 23.2 Å². The fourth-order valence-electron chi connectivity index (χ4n) is 6.65. The third-order valence-electron chi connectivity index (χ3n) is 9.09. The number of carbonyl (C=O) groups is 1. The number of ether oxygens (including phenoxy) is 1. The molecule has 2 aliphatic heterocycles. The number of thiophene rings is 1. The minimum absolute atomic E-state index is 0.0111. The molecular weight excluding hydrogens is 639 g/mol. The molecule has 0 bridgehead atoms. The number of rotatable bonds is 7. The highest BCUT2D eigenvalue weighted by atomic mass is 35.5. The van der Waals surface area contributed by atoms with E-state index in [1.165, 1.54) is 24.3 Å². The molecule has 2 fully saturated rings. The molecule has 2 aromatic heterocycles. The van der Waals surface area contributed by atoms with E-state index < -0.39 is 17.8 Å². The number of carbonyl (C=O) groups excluding carboxylic acids is 1. The fraction of sp³-hybridized carbons (Fsp3) is 0.375. The van der Waals surface area contributed by atoms with Crippen molar-refractivity contribution in [1.29, 1.82) is 5.26 Å². The number of alkyl halides is 1. The lowest BCUT2D eigenvalue weighted by Gasteiger charge is -2.32.